The molecule has 0 fully saturated rings. The number of amides is 2. The number of anilines is 1. The zero-order valence-corrected chi connectivity index (χ0v) is 13.6. The molecule has 4 N–H and O–H groups in total. The van der Waals surface area contributed by atoms with Crippen molar-refractivity contribution in [3.8, 4) is 0 Å². The molecule has 0 saturated carbocycles. The normalized spacial score (nSPS) is 10.6. The third-order valence-electron chi connectivity index (χ3n) is 3.82. The van der Waals surface area contributed by atoms with Crippen molar-refractivity contribution in [3.05, 3.63) is 65.9 Å². The molecular weight excluding hydrogens is 318 g/mol. The molecule has 0 aliphatic heterocycles. The monoisotopic (exact) mass is 337 g/mol. The van der Waals surface area contributed by atoms with Gasteiger partial charge in [0.1, 0.15) is 5.69 Å². The van der Waals surface area contributed by atoms with E-state index in [9.17, 15) is 9.59 Å². The molecule has 0 aliphatic carbocycles. The summed E-state index contributed by atoms with van der Waals surface area (Å²) in [6, 6.07) is 16.6. The van der Waals surface area contributed by atoms with Gasteiger partial charge in [-0.05, 0) is 36.2 Å². The first kappa shape index (κ1) is 16.7. The number of rotatable bonds is 6. The van der Waals surface area contributed by atoms with Crippen molar-refractivity contribution in [2.45, 2.75) is 6.42 Å². The second-order valence-corrected chi connectivity index (χ2v) is 5.67. The van der Waals surface area contributed by atoms with E-state index in [1.165, 1.54) is 0 Å². The van der Waals surface area contributed by atoms with Crippen molar-refractivity contribution in [3.63, 3.8) is 0 Å². The maximum Gasteiger partial charge on any atom is 0.268 e. The fourth-order valence-corrected chi connectivity index (χ4v) is 2.54. The molecule has 0 atom stereocenters. The van der Waals surface area contributed by atoms with Crippen molar-refractivity contribution in [1.82, 2.24) is 10.3 Å². The highest BCUT2D eigenvalue weighted by molar-refractivity contribution is 6.01. The van der Waals surface area contributed by atoms with Crippen molar-refractivity contribution < 1.29 is 14.7 Å². The van der Waals surface area contributed by atoms with Gasteiger partial charge < -0.3 is 20.7 Å². The summed E-state index contributed by atoms with van der Waals surface area (Å²) in [5.74, 6) is -0.635. The van der Waals surface area contributed by atoms with Crippen LogP contribution >= 0.6 is 0 Å². The quantitative estimate of drug-likeness (QED) is 0.555. The Morgan fingerprint density at radius 2 is 1.80 bits per heavy atom. The Labute approximate surface area is 144 Å². The highest BCUT2D eigenvalue weighted by Crippen LogP contribution is 2.14. The Kier molecular flexibility index (Phi) is 5.11. The number of hydrogen-bond acceptors (Lipinski definition) is 3. The molecule has 0 saturated heterocycles. The van der Waals surface area contributed by atoms with Crippen LogP contribution in [0.15, 0.2) is 54.6 Å². The smallest absolute Gasteiger partial charge is 0.268 e. The molecule has 2 aromatic carbocycles. The molecule has 0 radical (unpaired) electrons. The average molecular weight is 337 g/mol. The third kappa shape index (κ3) is 4.24. The number of carbonyl (C=O) groups is 2. The summed E-state index contributed by atoms with van der Waals surface area (Å²) < 4.78 is 0. The Balaban J connectivity index is 1.53. The molecule has 1 aromatic heterocycles. The fourth-order valence-electron chi connectivity index (χ4n) is 2.54. The van der Waals surface area contributed by atoms with Crippen LogP contribution in [-0.2, 0) is 11.2 Å². The molecular formula is C19H19N3O3. The number of aromatic nitrogens is 1. The van der Waals surface area contributed by atoms with E-state index in [4.69, 9.17) is 5.11 Å². The van der Waals surface area contributed by atoms with Gasteiger partial charge in [0.2, 0.25) is 5.91 Å². The molecule has 128 valence electrons. The summed E-state index contributed by atoms with van der Waals surface area (Å²) >= 11 is 0. The van der Waals surface area contributed by atoms with Gasteiger partial charge in [0.05, 0.1) is 6.54 Å². The maximum atomic E-state index is 12.1. The molecule has 0 unspecified atom stereocenters. The molecule has 0 spiro atoms. The summed E-state index contributed by atoms with van der Waals surface area (Å²) in [5.41, 5.74) is 2.93. The van der Waals surface area contributed by atoms with Crippen molar-refractivity contribution in [1.29, 1.82) is 0 Å². The lowest BCUT2D eigenvalue weighted by molar-refractivity contribution is -0.115. The van der Waals surface area contributed by atoms with Crippen LogP contribution in [0.2, 0.25) is 0 Å². The molecule has 2 amide bonds. The van der Waals surface area contributed by atoms with Crippen molar-refractivity contribution in [2.75, 3.05) is 18.5 Å². The van der Waals surface area contributed by atoms with E-state index in [-0.39, 0.29) is 25.0 Å². The standard InChI is InChI=1S/C19H19N3O3/c23-10-9-13-5-7-15(8-6-13)21-18(24)12-20-19(25)17-11-14-3-1-2-4-16(14)22-17/h1-8,11,22-23H,9-10,12H2,(H,20,25)(H,21,24). The minimum atomic E-state index is -0.329. The minimum Gasteiger partial charge on any atom is -0.396 e. The van der Waals surface area contributed by atoms with Gasteiger partial charge in [-0.3, -0.25) is 9.59 Å². The highest BCUT2D eigenvalue weighted by Gasteiger charge is 2.11. The zero-order chi connectivity index (χ0) is 17.6. The van der Waals surface area contributed by atoms with Gasteiger partial charge in [0.15, 0.2) is 0 Å². The highest BCUT2D eigenvalue weighted by atomic mass is 16.3. The number of aromatic amines is 1. The first-order valence-electron chi connectivity index (χ1n) is 8.01. The number of fused-ring (bicyclic) bond motifs is 1. The SMILES string of the molecule is O=C(CNC(=O)c1cc2ccccc2[nH]1)Nc1ccc(CCO)cc1. The van der Waals surface area contributed by atoms with Gasteiger partial charge >= 0.3 is 0 Å². The maximum absolute atomic E-state index is 12.1. The largest absolute Gasteiger partial charge is 0.396 e. The Morgan fingerprint density at radius 1 is 1.04 bits per heavy atom. The van der Waals surface area contributed by atoms with E-state index in [0.717, 1.165) is 16.5 Å². The number of aliphatic hydroxyl groups is 1. The van der Waals surface area contributed by atoms with Crippen LogP contribution < -0.4 is 10.6 Å². The number of H-pyrrole nitrogens is 1. The zero-order valence-electron chi connectivity index (χ0n) is 13.6. The summed E-state index contributed by atoms with van der Waals surface area (Å²) in [6.45, 7) is -0.0297. The van der Waals surface area contributed by atoms with Crippen LogP contribution in [0.25, 0.3) is 10.9 Å². The topological polar surface area (TPSA) is 94.2 Å². The fraction of sp³-hybridized carbons (Fsp3) is 0.158. The average Bonchev–Trinajstić information content (AvgIpc) is 3.06. The van der Waals surface area contributed by atoms with Crippen molar-refractivity contribution in [2.24, 2.45) is 0 Å². The first-order chi connectivity index (χ1) is 12.2. The lowest BCUT2D eigenvalue weighted by Crippen LogP contribution is -2.33. The van der Waals surface area contributed by atoms with E-state index in [1.807, 2.05) is 36.4 Å². The number of carbonyl (C=O) groups excluding carboxylic acids is 2. The number of nitrogens with one attached hydrogen (secondary N) is 3. The number of aliphatic hydroxyl groups excluding tert-OH is 1. The van der Waals surface area contributed by atoms with Gasteiger partial charge in [0.25, 0.3) is 5.91 Å². The summed E-state index contributed by atoms with van der Waals surface area (Å²) in [5, 5.41) is 15.1. The molecule has 3 aromatic rings. The Morgan fingerprint density at radius 3 is 2.52 bits per heavy atom. The van der Waals surface area contributed by atoms with Crippen LogP contribution in [0.5, 0.6) is 0 Å². The van der Waals surface area contributed by atoms with Gasteiger partial charge in [-0.2, -0.15) is 0 Å². The van der Waals surface area contributed by atoms with Gasteiger partial charge in [-0.25, -0.2) is 0 Å². The lowest BCUT2D eigenvalue weighted by Gasteiger charge is -2.07. The predicted octanol–water partition coefficient (Wildman–Crippen LogP) is 2.07. The van der Waals surface area contributed by atoms with Gasteiger partial charge in [-0.15, -0.1) is 0 Å². The number of para-hydroxylation sites is 1. The van der Waals surface area contributed by atoms with Crippen LogP contribution in [0.3, 0.4) is 0 Å². The van der Waals surface area contributed by atoms with E-state index >= 15 is 0 Å². The van der Waals surface area contributed by atoms with Crippen LogP contribution in [0.1, 0.15) is 16.1 Å². The van der Waals surface area contributed by atoms with E-state index in [2.05, 4.69) is 15.6 Å². The molecule has 6 heteroatoms. The molecule has 1 heterocycles. The second-order valence-electron chi connectivity index (χ2n) is 5.67. The van der Waals surface area contributed by atoms with E-state index in [1.54, 1.807) is 18.2 Å². The third-order valence-corrected chi connectivity index (χ3v) is 3.82. The van der Waals surface area contributed by atoms with Gasteiger partial charge in [-0.1, -0.05) is 30.3 Å². The summed E-state index contributed by atoms with van der Waals surface area (Å²) in [7, 11) is 0. The van der Waals surface area contributed by atoms with Gasteiger partial charge in [0, 0.05) is 23.2 Å². The van der Waals surface area contributed by atoms with E-state index in [0.29, 0.717) is 17.8 Å². The minimum absolute atomic E-state index is 0.0888. The molecule has 25 heavy (non-hydrogen) atoms. The van der Waals surface area contributed by atoms with Crippen molar-refractivity contribution >= 4 is 28.4 Å². The number of hydrogen-bond donors (Lipinski definition) is 4. The summed E-state index contributed by atoms with van der Waals surface area (Å²) in [4.78, 5) is 27.1. The predicted molar refractivity (Wildman–Crippen MR) is 96.5 cm³/mol. The Bertz CT molecular complexity index is 851. The van der Waals surface area contributed by atoms with Crippen LogP contribution in [-0.4, -0.2) is 35.1 Å². The lowest BCUT2D eigenvalue weighted by atomic mass is 10.1. The second kappa shape index (κ2) is 7.63. The molecule has 6 nitrogen and oxygen atoms in total. The van der Waals surface area contributed by atoms with E-state index < -0.39 is 0 Å². The molecule has 3 rings (SSSR count). The number of benzene rings is 2. The van der Waals surface area contributed by atoms with Crippen LogP contribution in [0, 0.1) is 0 Å². The first-order valence-corrected chi connectivity index (χ1v) is 8.01. The Hall–Kier alpha value is -3.12. The molecule has 0 bridgehead atoms. The summed E-state index contributed by atoms with van der Waals surface area (Å²) in [6.07, 6.45) is 0.578. The van der Waals surface area contributed by atoms with Crippen LogP contribution in [0.4, 0.5) is 5.69 Å². The molecule has 0 aliphatic rings.